The van der Waals surface area contributed by atoms with Gasteiger partial charge in [-0.25, -0.2) is 0 Å². The van der Waals surface area contributed by atoms with Crippen LogP contribution in [0.15, 0.2) is 73.1 Å². The van der Waals surface area contributed by atoms with Crippen LogP contribution in [-0.4, -0.2) is 16.8 Å². The Hall–Kier alpha value is -3.47. The first-order chi connectivity index (χ1) is 12.7. The molecule has 0 aliphatic rings. The predicted octanol–water partition coefficient (Wildman–Crippen LogP) is 4.15. The summed E-state index contributed by atoms with van der Waals surface area (Å²) >= 11 is 0. The van der Waals surface area contributed by atoms with Gasteiger partial charge in [-0.1, -0.05) is 37.3 Å². The molecule has 0 spiro atoms. The zero-order valence-electron chi connectivity index (χ0n) is 14.4. The van der Waals surface area contributed by atoms with E-state index in [1.54, 1.807) is 12.1 Å². The summed E-state index contributed by atoms with van der Waals surface area (Å²) in [7, 11) is 0. The molecule has 0 aliphatic heterocycles. The number of aryl methyl sites for hydroxylation is 1. The second kappa shape index (κ2) is 8.07. The number of amides is 2. The summed E-state index contributed by atoms with van der Waals surface area (Å²) in [6.07, 6.45) is 3.82. The summed E-state index contributed by atoms with van der Waals surface area (Å²) in [6, 6.07) is 18.3. The minimum Gasteiger partial charge on any atom is -0.322 e. The summed E-state index contributed by atoms with van der Waals surface area (Å²) in [6.45, 7) is 2.07. The molecule has 26 heavy (non-hydrogen) atoms. The van der Waals surface area contributed by atoms with Crippen molar-refractivity contribution in [2.24, 2.45) is 0 Å². The highest BCUT2D eigenvalue weighted by Crippen LogP contribution is 2.13. The number of para-hydroxylation sites is 1. The van der Waals surface area contributed by atoms with Gasteiger partial charge in [-0.05, 0) is 42.3 Å². The first kappa shape index (κ1) is 17.4. The van der Waals surface area contributed by atoms with Crippen molar-refractivity contribution in [2.75, 3.05) is 10.6 Å². The Morgan fingerprint density at radius 3 is 1.88 bits per heavy atom. The van der Waals surface area contributed by atoms with Gasteiger partial charge in [0.25, 0.3) is 11.8 Å². The molecular weight excluding hydrogens is 326 g/mol. The Bertz CT molecular complexity index is 906. The van der Waals surface area contributed by atoms with Crippen LogP contribution in [0, 0.1) is 0 Å². The normalized spacial score (nSPS) is 10.2. The van der Waals surface area contributed by atoms with Crippen LogP contribution in [0.3, 0.4) is 0 Å². The van der Waals surface area contributed by atoms with E-state index in [0.29, 0.717) is 22.5 Å². The molecule has 0 fully saturated rings. The monoisotopic (exact) mass is 345 g/mol. The number of hydrogen-bond donors (Lipinski definition) is 2. The van der Waals surface area contributed by atoms with Crippen molar-refractivity contribution < 1.29 is 9.59 Å². The van der Waals surface area contributed by atoms with Crippen LogP contribution >= 0.6 is 0 Å². The van der Waals surface area contributed by atoms with Crippen molar-refractivity contribution in [3.05, 3.63) is 89.7 Å². The van der Waals surface area contributed by atoms with E-state index in [0.717, 1.165) is 6.42 Å². The van der Waals surface area contributed by atoms with E-state index in [2.05, 4.69) is 22.5 Å². The van der Waals surface area contributed by atoms with Gasteiger partial charge in [-0.15, -0.1) is 0 Å². The fraction of sp³-hybridized carbons (Fsp3) is 0.0952. The summed E-state index contributed by atoms with van der Waals surface area (Å²) in [4.78, 5) is 28.8. The Morgan fingerprint density at radius 2 is 1.35 bits per heavy atom. The summed E-state index contributed by atoms with van der Waals surface area (Å²) < 4.78 is 0. The van der Waals surface area contributed by atoms with Crippen LogP contribution in [0.1, 0.15) is 33.2 Å². The van der Waals surface area contributed by atoms with Crippen molar-refractivity contribution in [3.8, 4) is 0 Å². The van der Waals surface area contributed by atoms with Gasteiger partial charge in [0.2, 0.25) is 0 Å². The van der Waals surface area contributed by atoms with E-state index >= 15 is 0 Å². The van der Waals surface area contributed by atoms with Gasteiger partial charge in [-0.3, -0.25) is 14.6 Å². The highest BCUT2D eigenvalue weighted by atomic mass is 16.2. The molecule has 0 atom stereocenters. The van der Waals surface area contributed by atoms with Gasteiger partial charge in [0.15, 0.2) is 0 Å². The van der Waals surface area contributed by atoms with Gasteiger partial charge in [0.1, 0.15) is 0 Å². The highest BCUT2D eigenvalue weighted by Gasteiger charge is 2.12. The number of anilines is 2. The third-order valence-corrected chi connectivity index (χ3v) is 3.91. The summed E-state index contributed by atoms with van der Waals surface area (Å²) in [5, 5.41) is 5.59. The molecule has 5 heteroatoms. The summed E-state index contributed by atoms with van der Waals surface area (Å²) in [5.41, 5.74) is 3.23. The molecule has 0 saturated carbocycles. The second-order valence-electron chi connectivity index (χ2n) is 5.79. The number of benzene rings is 2. The Balaban J connectivity index is 1.71. The fourth-order valence-electron chi connectivity index (χ4n) is 2.44. The number of carbonyl (C=O) groups is 2. The molecule has 130 valence electrons. The fourth-order valence-corrected chi connectivity index (χ4v) is 2.44. The van der Waals surface area contributed by atoms with Gasteiger partial charge in [0, 0.05) is 23.8 Å². The molecule has 1 aromatic heterocycles. The maximum absolute atomic E-state index is 12.4. The molecule has 0 bridgehead atoms. The zero-order chi connectivity index (χ0) is 18.4. The molecule has 5 nitrogen and oxygen atoms in total. The predicted molar refractivity (Wildman–Crippen MR) is 102 cm³/mol. The van der Waals surface area contributed by atoms with E-state index in [9.17, 15) is 9.59 Å². The van der Waals surface area contributed by atoms with E-state index in [1.165, 1.54) is 24.0 Å². The van der Waals surface area contributed by atoms with E-state index < -0.39 is 0 Å². The van der Waals surface area contributed by atoms with Gasteiger partial charge in [-0.2, -0.15) is 0 Å². The number of hydrogen-bond acceptors (Lipinski definition) is 3. The maximum Gasteiger partial charge on any atom is 0.257 e. The number of rotatable bonds is 5. The van der Waals surface area contributed by atoms with Crippen LogP contribution in [0.2, 0.25) is 0 Å². The van der Waals surface area contributed by atoms with Crippen molar-refractivity contribution >= 4 is 23.2 Å². The third-order valence-electron chi connectivity index (χ3n) is 3.91. The van der Waals surface area contributed by atoms with Crippen molar-refractivity contribution in [1.82, 2.24) is 4.98 Å². The standard InChI is InChI=1S/C21H19N3O2/c1-2-15-8-10-19(11-9-15)24-21(26)17-12-16(13-22-14-17)20(25)23-18-6-4-3-5-7-18/h3-14H,2H2,1H3,(H,23,25)(H,24,26). The molecule has 3 rings (SSSR count). The number of carbonyl (C=O) groups excluding carboxylic acids is 2. The largest absolute Gasteiger partial charge is 0.322 e. The first-order valence-corrected chi connectivity index (χ1v) is 8.37. The number of nitrogens with one attached hydrogen (secondary N) is 2. The van der Waals surface area contributed by atoms with Crippen LogP contribution < -0.4 is 10.6 Å². The van der Waals surface area contributed by atoms with Crippen LogP contribution in [-0.2, 0) is 6.42 Å². The molecule has 1 heterocycles. The molecule has 2 N–H and O–H groups in total. The lowest BCUT2D eigenvalue weighted by Gasteiger charge is -2.08. The third kappa shape index (κ3) is 4.33. The minimum atomic E-state index is -0.314. The van der Waals surface area contributed by atoms with Crippen molar-refractivity contribution in [3.63, 3.8) is 0 Å². The Labute approximate surface area is 152 Å². The van der Waals surface area contributed by atoms with Gasteiger partial charge in [0.05, 0.1) is 11.1 Å². The van der Waals surface area contributed by atoms with Crippen LogP contribution in [0.5, 0.6) is 0 Å². The molecule has 2 aromatic carbocycles. The second-order valence-corrected chi connectivity index (χ2v) is 5.79. The zero-order valence-corrected chi connectivity index (χ0v) is 14.4. The number of aromatic nitrogens is 1. The molecular formula is C21H19N3O2. The van der Waals surface area contributed by atoms with Gasteiger partial charge < -0.3 is 10.6 Å². The quantitative estimate of drug-likeness (QED) is 0.730. The Kier molecular flexibility index (Phi) is 5.39. The van der Waals surface area contributed by atoms with Gasteiger partial charge >= 0.3 is 0 Å². The maximum atomic E-state index is 12.4. The summed E-state index contributed by atoms with van der Waals surface area (Å²) in [5.74, 6) is -0.623. The van der Waals surface area contributed by atoms with E-state index in [-0.39, 0.29) is 11.8 Å². The average molecular weight is 345 g/mol. The van der Waals surface area contributed by atoms with Crippen LogP contribution in [0.4, 0.5) is 11.4 Å². The topological polar surface area (TPSA) is 71.1 Å². The Morgan fingerprint density at radius 1 is 0.808 bits per heavy atom. The molecule has 0 saturated heterocycles. The number of pyridine rings is 1. The molecule has 2 amide bonds. The van der Waals surface area contributed by atoms with Crippen LogP contribution in [0.25, 0.3) is 0 Å². The molecule has 0 unspecified atom stereocenters. The van der Waals surface area contributed by atoms with E-state index in [4.69, 9.17) is 0 Å². The minimum absolute atomic E-state index is 0.309. The lowest BCUT2D eigenvalue weighted by atomic mass is 10.1. The molecule has 3 aromatic rings. The SMILES string of the molecule is CCc1ccc(NC(=O)c2cncc(C(=O)Nc3ccccc3)c2)cc1. The molecule has 0 aliphatic carbocycles. The lowest BCUT2D eigenvalue weighted by Crippen LogP contribution is -2.16. The smallest absolute Gasteiger partial charge is 0.257 e. The first-order valence-electron chi connectivity index (χ1n) is 8.37. The van der Waals surface area contributed by atoms with Crippen molar-refractivity contribution in [1.29, 1.82) is 0 Å². The van der Waals surface area contributed by atoms with E-state index in [1.807, 2.05) is 42.5 Å². The number of nitrogens with zero attached hydrogens (tertiary/aromatic N) is 1. The van der Waals surface area contributed by atoms with Crippen molar-refractivity contribution in [2.45, 2.75) is 13.3 Å². The highest BCUT2D eigenvalue weighted by molar-refractivity contribution is 6.08. The average Bonchev–Trinajstić information content (AvgIpc) is 2.69. The molecule has 0 radical (unpaired) electrons. The lowest BCUT2D eigenvalue weighted by molar-refractivity contribution is 0.102.